The van der Waals surface area contributed by atoms with Crippen LogP contribution >= 0.6 is 0 Å². The zero-order chi connectivity index (χ0) is 13.3. The van der Waals surface area contributed by atoms with Crippen LogP contribution in [0.5, 0.6) is 0 Å². The Labute approximate surface area is 111 Å². The summed E-state index contributed by atoms with van der Waals surface area (Å²) in [5.41, 5.74) is 0.464. The average Bonchev–Trinajstić information content (AvgIpc) is 2.83. The molecule has 6 heteroatoms. The number of aryl methyl sites for hydroxylation is 1. The summed E-state index contributed by atoms with van der Waals surface area (Å²) < 4.78 is 1.91. The van der Waals surface area contributed by atoms with Crippen molar-refractivity contribution in [2.24, 2.45) is 0 Å². The average molecular weight is 261 g/mol. The minimum absolute atomic E-state index is 0.128. The van der Waals surface area contributed by atoms with Crippen molar-refractivity contribution in [2.75, 3.05) is 11.9 Å². The van der Waals surface area contributed by atoms with E-state index in [2.05, 4.69) is 20.5 Å². The van der Waals surface area contributed by atoms with Crippen LogP contribution in [0.1, 0.15) is 37.9 Å². The SMILES string of the molecule is Cc1nnc2c(NC3(CO)CCCCC3)nccn12. The smallest absolute Gasteiger partial charge is 0.203 e. The zero-order valence-corrected chi connectivity index (χ0v) is 11.1. The summed E-state index contributed by atoms with van der Waals surface area (Å²) in [4.78, 5) is 4.36. The van der Waals surface area contributed by atoms with Crippen molar-refractivity contribution in [3.63, 3.8) is 0 Å². The first-order valence-electron chi connectivity index (χ1n) is 6.79. The Morgan fingerprint density at radius 1 is 1.32 bits per heavy atom. The van der Waals surface area contributed by atoms with Crippen LogP contribution in [-0.4, -0.2) is 36.8 Å². The van der Waals surface area contributed by atoms with Crippen molar-refractivity contribution in [1.29, 1.82) is 0 Å². The lowest BCUT2D eigenvalue weighted by Gasteiger charge is -2.36. The maximum Gasteiger partial charge on any atom is 0.203 e. The van der Waals surface area contributed by atoms with Gasteiger partial charge in [-0.25, -0.2) is 4.98 Å². The summed E-state index contributed by atoms with van der Waals surface area (Å²) in [5, 5.41) is 21.4. The molecule has 3 rings (SSSR count). The molecule has 1 aliphatic carbocycles. The molecule has 6 nitrogen and oxygen atoms in total. The molecule has 0 spiro atoms. The summed E-state index contributed by atoms with van der Waals surface area (Å²) >= 11 is 0. The van der Waals surface area contributed by atoms with Gasteiger partial charge in [0.1, 0.15) is 5.82 Å². The third-order valence-electron chi connectivity index (χ3n) is 3.99. The number of nitrogens with one attached hydrogen (secondary N) is 1. The van der Waals surface area contributed by atoms with Crippen molar-refractivity contribution < 1.29 is 5.11 Å². The van der Waals surface area contributed by atoms with Gasteiger partial charge in [-0.2, -0.15) is 0 Å². The Balaban J connectivity index is 1.95. The Bertz CT molecular complexity index is 573. The van der Waals surface area contributed by atoms with Gasteiger partial charge in [-0.3, -0.25) is 4.40 Å². The predicted molar refractivity (Wildman–Crippen MR) is 72.0 cm³/mol. The normalized spacial score (nSPS) is 18.6. The maximum absolute atomic E-state index is 9.75. The van der Waals surface area contributed by atoms with Crippen LogP contribution in [-0.2, 0) is 0 Å². The molecule has 1 fully saturated rings. The molecule has 19 heavy (non-hydrogen) atoms. The fourth-order valence-corrected chi connectivity index (χ4v) is 2.83. The summed E-state index contributed by atoms with van der Waals surface area (Å²) in [6, 6.07) is 0. The van der Waals surface area contributed by atoms with Crippen molar-refractivity contribution in [3.8, 4) is 0 Å². The quantitative estimate of drug-likeness (QED) is 0.876. The van der Waals surface area contributed by atoms with Crippen molar-refractivity contribution in [2.45, 2.75) is 44.6 Å². The molecule has 1 saturated carbocycles. The highest BCUT2D eigenvalue weighted by atomic mass is 16.3. The topological polar surface area (TPSA) is 75.3 Å². The van der Waals surface area contributed by atoms with Gasteiger partial charge < -0.3 is 10.4 Å². The Morgan fingerprint density at radius 3 is 2.84 bits per heavy atom. The molecular formula is C13H19N5O. The highest BCUT2D eigenvalue weighted by Gasteiger charge is 2.32. The number of anilines is 1. The number of hydrogen-bond acceptors (Lipinski definition) is 5. The summed E-state index contributed by atoms with van der Waals surface area (Å²) in [6.07, 6.45) is 9.05. The molecule has 0 amide bonds. The number of aromatic nitrogens is 4. The molecule has 1 aliphatic rings. The Hall–Kier alpha value is -1.69. The monoisotopic (exact) mass is 261 g/mol. The van der Waals surface area contributed by atoms with Crippen molar-refractivity contribution in [1.82, 2.24) is 19.6 Å². The number of rotatable bonds is 3. The van der Waals surface area contributed by atoms with Gasteiger partial charge in [-0.15, -0.1) is 10.2 Å². The molecule has 0 radical (unpaired) electrons. The largest absolute Gasteiger partial charge is 0.394 e. The van der Waals surface area contributed by atoms with Gasteiger partial charge in [0.25, 0.3) is 0 Å². The number of aliphatic hydroxyl groups is 1. The van der Waals surface area contributed by atoms with Crippen molar-refractivity contribution in [3.05, 3.63) is 18.2 Å². The van der Waals surface area contributed by atoms with Crippen LogP contribution in [0.2, 0.25) is 0 Å². The lowest BCUT2D eigenvalue weighted by molar-refractivity contribution is 0.172. The van der Waals surface area contributed by atoms with E-state index in [1.54, 1.807) is 6.20 Å². The fourth-order valence-electron chi connectivity index (χ4n) is 2.83. The first-order valence-corrected chi connectivity index (χ1v) is 6.79. The van der Waals surface area contributed by atoms with Gasteiger partial charge in [0.2, 0.25) is 5.65 Å². The third kappa shape index (κ3) is 2.16. The molecule has 2 heterocycles. The lowest BCUT2D eigenvalue weighted by atomic mass is 9.82. The first kappa shape index (κ1) is 12.3. The summed E-state index contributed by atoms with van der Waals surface area (Å²) in [7, 11) is 0. The first-order chi connectivity index (χ1) is 9.24. The molecule has 0 atom stereocenters. The Morgan fingerprint density at radius 2 is 2.11 bits per heavy atom. The van der Waals surface area contributed by atoms with Gasteiger partial charge in [-0.05, 0) is 19.8 Å². The molecule has 2 N–H and O–H groups in total. The van der Waals surface area contributed by atoms with E-state index in [1.807, 2.05) is 17.5 Å². The third-order valence-corrected chi connectivity index (χ3v) is 3.99. The summed E-state index contributed by atoms with van der Waals surface area (Å²) in [5.74, 6) is 1.54. The van der Waals surface area contributed by atoms with E-state index in [0.29, 0.717) is 5.82 Å². The molecule has 0 aromatic carbocycles. The van der Waals surface area contributed by atoms with E-state index in [9.17, 15) is 5.11 Å². The minimum atomic E-state index is -0.257. The van der Waals surface area contributed by atoms with E-state index in [1.165, 1.54) is 6.42 Å². The molecule has 2 aromatic heterocycles. The van der Waals surface area contributed by atoms with E-state index in [0.717, 1.165) is 37.2 Å². The summed E-state index contributed by atoms with van der Waals surface area (Å²) in [6.45, 7) is 2.04. The molecular weight excluding hydrogens is 242 g/mol. The number of fused-ring (bicyclic) bond motifs is 1. The lowest BCUT2D eigenvalue weighted by Crippen LogP contribution is -2.44. The van der Waals surface area contributed by atoms with Gasteiger partial charge in [0, 0.05) is 12.4 Å². The second-order valence-corrected chi connectivity index (χ2v) is 5.34. The van der Waals surface area contributed by atoms with Gasteiger partial charge in [0.05, 0.1) is 12.1 Å². The predicted octanol–water partition coefficient (Wildman–Crippen LogP) is 1.54. The molecule has 0 aliphatic heterocycles. The van der Waals surface area contributed by atoms with Crippen LogP contribution in [0.25, 0.3) is 5.65 Å². The van der Waals surface area contributed by atoms with Crippen LogP contribution in [0.15, 0.2) is 12.4 Å². The molecule has 2 aromatic rings. The van der Waals surface area contributed by atoms with E-state index < -0.39 is 0 Å². The van der Waals surface area contributed by atoms with Gasteiger partial charge in [-0.1, -0.05) is 19.3 Å². The number of aliphatic hydroxyl groups excluding tert-OH is 1. The molecule has 102 valence electrons. The Kier molecular flexibility index (Phi) is 3.10. The van der Waals surface area contributed by atoms with Crippen molar-refractivity contribution >= 4 is 11.5 Å². The second-order valence-electron chi connectivity index (χ2n) is 5.34. The van der Waals surface area contributed by atoms with Crippen LogP contribution in [0.3, 0.4) is 0 Å². The van der Waals surface area contributed by atoms with Crippen LogP contribution in [0, 0.1) is 6.92 Å². The molecule has 0 bridgehead atoms. The van der Waals surface area contributed by atoms with E-state index in [-0.39, 0.29) is 12.1 Å². The minimum Gasteiger partial charge on any atom is -0.394 e. The van der Waals surface area contributed by atoms with E-state index >= 15 is 0 Å². The number of nitrogens with zero attached hydrogens (tertiary/aromatic N) is 4. The molecule has 0 saturated heterocycles. The fraction of sp³-hybridized carbons (Fsp3) is 0.615. The zero-order valence-electron chi connectivity index (χ0n) is 11.1. The highest BCUT2D eigenvalue weighted by Crippen LogP contribution is 2.31. The van der Waals surface area contributed by atoms with Gasteiger partial charge >= 0.3 is 0 Å². The standard InChI is InChI=1S/C13H19N5O/c1-10-16-17-12-11(14-7-8-18(10)12)15-13(9-19)5-3-2-4-6-13/h7-8,19H,2-6,9H2,1H3,(H,14,15). The maximum atomic E-state index is 9.75. The van der Waals surface area contributed by atoms with E-state index in [4.69, 9.17) is 0 Å². The molecule has 0 unspecified atom stereocenters. The van der Waals surface area contributed by atoms with Crippen LogP contribution < -0.4 is 5.32 Å². The van der Waals surface area contributed by atoms with Gasteiger partial charge in [0.15, 0.2) is 5.82 Å². The highest BCUT2D eigenvalue weighted by molar-refractivity contribution is 5.63. The number of hydrogen-bond donors (Lipinski definition) is 2. The second kappa shape index (κ2) is 4.77. The van der Waals surface area contributed by atoms with Crippen LogP contribution in [0.4, 0.5) is 5.82 Å².